The van der Waals surface area contributed by atoms with Crippen LogP contribution in [0.2, 0.25) is 0 Å². The zero-order valence-corrected chi connectivity index (χ0v) is 9.51. The Morgan fingerprint density at radius 1 is 1.00 bits per heavy atom. The lowest BCUT2D eigenvalue weighted by Gasteiger charge is -2.11. The van der Waals surface area contributed by atoms with Crippen LogP contribution in [0.15, 0.2) is 30.3 Å². The average molecular weight is 253 g/mol. The standard InChI is InChI=1S/C13H10F3NO/c1-7-3-2-4-10(11(7)15)18-13-9(17)6-5-8(14)12(13)16/h2-6H,17H2,1H3. The molecule has 2 rings (SSSR count). The Balaban J connectivity index is 2.46. The lowest BCUT2D eigenvalue weighted by atomic mass is 10.2. The molecule has 2 N–H and O–H groups in total. The van der Waals surface area contributed by atoms with Crippen LogP contribution in [0.5, 0.6) is 11.5 Å². The smallest absolute Gasteiger partial charge is 0.203 e. The number of aryl methyl sites for hydroxylation is 1. The van der Waals surface area contributed by atoms with Gasteiger partial charge in [-0.25, -0.2) is 8.78 Å². The molecule has 0 aliphatic rings. The summed E-state index contributed by atoms with van der Waals surface area (Å²) < 4.78 is 45.2. The molecule has 94 valence electrons. The van der Waals surface area contributed by atoms with Gasteiger partial charge in [-0.15, -0.1) is 0 Å². The second-order valence-corrected chi connectivity index (χ2v) is 3.77. The van der Waals surface area contributed by atoms with Crippen LogP contribution < -0.4 is 10.5 Å². The lowest BCUT2D eigenvalue weighted by molar-refractivity contribution is 0.398. The van der Waals surface area contributed by atoms with Gasteiger partial charge < -0.3 is 10.5 Å². The molecule has 2 aromatic carbocycles. The van der Waals surface area contributed by atoms with Gasteiger partial charge >= 0.3 is 0 Å². The van der Waals surface area contributed by atoms with Crippen molar-refractivity contribution in [3.8, 4) is 11.5 Å². The summed E-state index contributed by atoms with van der Waals surface area (Å²) in [5, 5.41) is 0. The molecular formula is C13H10F3NO. The quantitative estimate of drug-likeness (QED) is 0.826. The summed E-state index contributed by atoms with van der Waals surface area (Å²) in [5.74, 6) is -3.70. The van der Waals surface area contributed by atoms with Crippen LogP contribution in [0, 0.1) is 24.4 Å². The molecular weight excluding hydrogens is 243 g/mol. The molecule has 0 atom stereocenters. The van der Waals surface area contributed by atoms with E-state index in [1.165, 1.54) is 19.1 Å². The topological polar surface area (TPSA) is 35.2 Å². The average Bonchev–Trinajstić information content (AvgIpc) is 2.35. The maximum absolute atomic E-state index is 13.7. The van der Waals surface area contributed by atoms with Gasteiger partial charge in [0, 0.05) is 0 Å². The van der Waals surface area contributed by atoms with Crippen molar-refractivity contribution in [3.05, 3.63) is 53.3 Å². The SMILES string of the molecule is Cc1cccc(Oc2c(N)ccc(F)c2F)c1F. The van der Waals surface area contributed by atoms with E-state index in [4.69, 9.17) is 10.5 Å². The van der Waals surface area contributed by atoms with E-state index in [1.54, 1.807) is 6.07 Å². The van der Waals surface area contributed by atoms with Crippen molar-refractivity contribution in [2.75, 3.05) is 5.73 Å². The second-order valence-electron chi connectivity index (χ2n) is 3.77. The Morgan fingerprint density at radius 2 is 1.72 bits per heavy atom. The van der Waals surface area contributed by atoms with Crippen LogP contribution in [0.25, 0.3) is 0 Å². The van der Waals surface area contributed by atoms with Crippen LogP contribution in [-0.4, -0.2) is 0 Å². The molecule has 0 aliphatic carbocycles. The number of nitrogens with two attached hydrogens (primary N) is 1. The van der Waals surface area contributed by atoms with E-state index in [0.29, 0.717) is 5.56 Å². The number of nitrogen functional groups attached to an aromatic ring is 1. The summed E-state index contributed by atoms with van der Waals surface area (Å²) in [6, 6.07) is 6.42. The van der Waals surface area contributed by atoms with E-state index < -0.39 is 23.2 Å². The Labute approximate surface area is 102 Å². The molecule has 0 spiro atoms. The molecule has 0 saturated heterocycles. The summed E-state index contributed by atoms with van der Waals surface area (Å²) in [6.45, 7) is 1.54. The largest absolute Gasteiger partial charge is 0.449 e. The maximum atomic E-state index is 13.7. The van der Waals surface area contributed by atoms with Gasteiger partial charge in [0.1, 0.15) is 0 Å². The highest BCUT2D eigenvalue weighted by molar-refractivity contribution is 5.55. The highest BCUT2D eigenvalue weighted by Crippen LogP contribution is 2.33. The van der Waals surface area contributed by atoms with Crippen LogP contribution in [-0.2, 0) is 0 Å². The van der Waals surface area contributed by atoms with Gasteiger partial charge in [0.2, 0.25) is 5.82 Å². The third kappa shape index (κ3) is 2.11. The van der Waals surface area contributed by atoms with E-state index >= 15 is 0 Å². The van der Waals surface area contributed by atoms with Crippen molar-refractivity contribution in [1.29, 1.82) is 0 Å². The number of anilines is 1. The number of hydrogen-bond acceptors (Lipinski definition) is 2. The number of rotatable bonds is 2. The van der Waals surface area contributed by atoms with E-state index in [9.17, 15) is 13.2 Å². The zero-order chi connectivity index (χ0) is 13.3. The zero-order valence-electron chi connectivity index (χ0n) is 9.51. The third-order valence-corrected chi connectivity index (χ3v) is 2.45. The lowest BCUT2D eigenvalue weighted by Crippen LogP contribution is -1.99. The third-order valence-electron chi connectivity index (χ3n) is 2.45. The first-order chi connectivity index (χ1) is 8.50. The molecule has 0 heterocycles. The molecule has 0 unspecified atom stereocenters. The molecule has 0 fully saturated rings. The minimum atomic E-state index is -1.24. The first-order valence-corrected chi connectivity index (χ1v) is 5.17. The Bertz CT molecular complexity index is 599. The van der Waals surface area contributed by atoms with Crippen LogP contribution in [0.3, 0.4) is 0 Å². The van der Waals surface area contributed by atoms with E-state index in [-0.39, 0.29) is 11.4 Å². The maximum Gasteiger partial charge on any atom is 0.203 e. The van der Waals surface area contributed by atoms with Gasteiger partial charge in [-0.1, -0.05) is 12.1 Å². The number of halogens is 3. The van der Waals surface area contributed by atoms with E-state index in [2.05, 4.69) is 0 Å². The van der Waals surface area contributed by atoms with Crippen molar-refractivity contribution in [3.63, 3.8) is 0 Å². The predicted octanol–water partition coefficient (Wildman–Crippen LogP) is 3.79. The Hall–Kier alpha value is -2.17. The number of benzene rings is 2. The molecule has 2 nitrogen and oxygen atoms in total. The highest BCUT2D eigenvalue weighted by Gasteiger charge is 2.16. The molecule has 0 amide bonds. The molecule has 2 aromatic rings. The molecule has 0 bridgehead atoms. The van der Waals surface area contributed by atoms with Crippen LogP contribution in [0.4, 0.5) is 18.9 Å². The van der Waals surface area contributed by atoms with Crippen molar-refractivity contribution in [2.24, 2.45) is 0 Å². The fourth-order valence-electron chi connectivity index (χ4n) is 1.46. The Kier molecular flexibility index (Phi) is 3.14. The van der Waals surface area contributed by atoms with Gasteiger partial charge in [-0.2, -0.15) is 4.39 Å². The summed E-state index contributed by atoms with van der Waals surface area (Å²) in [6.07, 6.45) is 0. The molecule has 0 saturated carbocycles. The minimum absolute atomic E-state index is 0.102. The van der Waals surface area contributed by atoms with Gasteiger partial charge in [0.05, 0.1) is 5.69 Å². The fourth-order valence-corrected chi connectivity index (χ4v) is 1.46. The molecule has 0 radical (unpaired) electrons. The summed E-state index contributed by atoms with van der Waals surface area (Å²) >= 11 is 0. The van der Waals surface area contributed by atoms with Crippen molar-refractivity contribution in [1.82, 2.24) is 0 Å². The normalized spacial score (nSPS) is 10.4. The van der Waals surface area contributed by atoms with Crippen LogP contribution >= 0.6 is 0 Å². The molecule has 0 aromatic heterocycles. The first kappa shape index (κ1) is 12.3. The van der Waals surface area contributed by atoms with Gasteiger partial charge in [0.15, 0.2) is 23.1 Å². The molecule has 0 aliphatic heterocycles. The van der Waals surface area contributed by atoms with Crippen molar-refractivity contribution < 1.29 is 17.9 Å². The fraction of sp³-hybridized carbons (Fsp3) is 0.0769. The summed E-state index contributed by atoms with van der Waals surface area (Å²) in [5.41, 5.74) is 5.71. The first-order valence-electron chi connectivity index (χ1n) is 5.17. The van der Waals surface area contributed by atoms with Gasteiger partial charge in [-0.05, 0) is 30.7 Å². The second kappa shape index (κ2) is 4.60. The van der Waals surface area contributed by atoms with E-state index in [1.807, 2.05) is 0 Å². The molecule has 18 heavy (non-hydrogen) atoms. The van der Waals surface area contributed by atoms with Crippen molar-refractivity contribution >= 4 is 5.69 Å². The minimum Gasteiger partial charge on any atom is -0.449 e. The Morgan fingerprint density at radius 3 is 2.44 bits per heavy atom. The highest BCUT2D eigenvalue weighted by atomic mass is 19.2. The molecule has 5 heteroatoms. The van der Waals surface area contributed by atoms with Gasteiger partial charge in [0.25, 0.3) is 0 Å². The van der Waals surface area contributed by atoms with Gasteiger partial charge in [-0.3, -0.25) is 0 Å². The van der Waals surface area contributed by atoms with Crippen LogP contribution in [0.1, 0.15) is 5.56 Å². The summed E-state index contributed by atoms with van der Waals surface area (Å²) in [7, 11) is 0. The predicted molar refractivity (Wildman–Crippen MR) is 62.0 cm³/mol. The van der Waals surface area contributed by atoms with E-state index in [0.717, 1.165) is 12.1 Å². The monoisotopic (exact) mass is 253 g/mol. The number of ether oxygens (including phenoxy) is 1. The number of hydrogen-bond donors (Lipinski definition) is 1. The summed E-state index contributed by atoms with van der Waals surface area (Å²) in [4.78, 5) is 0. The van der Waals surface area contributed by atoms with Crippen molar-refractivity contribution in [2.45, 2.75) is 6.92 Å².